The normalized spacial score (nSPS) is 10.3. The molecular weight excluding hydrogens is 287 g/mol. The Hall–Kier alpha value is -2.76. The maximum absolute atomic E-state index is 13.2. The van der Waals surface area contributed by atoms with Crippen LogP contribution in [0.3, 0.4) is 0 Å². The lowest BCUT2D eigenvalue weighted by Gasteiger charge is -2.07. The number of benzene rings is 1. The lowest BCUT2D eigenvalue weighted by molar-refractivity contribution is -0.117. The van der Waals surface area contributed by atoms with Crippen molar-refractivity contribution in [2.24, 2.45) is 0 Å². The number of rotatable bonds is 5. The van der Waals surface area contributed by atoms with E-state index in [1.165, 1.54) is 24.4 Å². The Kier molecular flexibility index (Phi) is 4.83. The van der Waals surface area contributed by atoms with Crippen LogP contribution < -0.4 is 5.32 Å². The Labute approximate surface area is 126 Å². The van der Waals surface area contributed by atoms with E-state index < -0.39 is 11.7 Å². The van der Waals surface area contributed by atoms with Crippen molar-refractivity contribution in [2.45, 2.75) is 13.3 Å². The molecule has 114 valence electrons. The maximum atomic E-state index is 13.2. The standard InChI is InChI=1S/C16H15FN2O3/c1-2-13(20)9-19-16(22)15-14(21)7-11(8-18-15)10-4-3-5-12(17)6-10/h3-8,21H,2,9H2,1H3,(H,19,22). The van der Waals surface area contributed by atoms with Gasteiger partial charge in [0.25, 0.3) is 5.91 Å². The molecule has 0 aliphatic carbocycles. The molecule has 2 aromatic rings. The molecule has 0 atom stereocenters. The molecule has 0 saturated carbocycles. The van der Waals surface area contributed by atoms with Gasteiger partial charge in [-0.15, -0.1) is 0 Å². The quantitative estimate of drug-likeness (QED) is 0.888. The molecule has 1 amide bonds. The van der Waals surface area contributed by atoms with Crippen LogP contribution in [0.5, 0.6) is 5.75 Å². The molecule has 22 heavy (non-hydrogen) atoms. The first-order valence-corrected chi connectivity index (χ1v) is 6.76. The minimum absolute atomic E-state index is 0.109. The third kappa shape index (κ3) is 3.66. The number of hydrogen-bond acceptors (Lipinski definition) is 4. The number of Topliss-reactive ketones (excluding diaryl/α,β-unsaturated/α-hetero) is 1. The second-order valence-corrected chi connectivity index (χ2v) is 4.68. The summed E-state index contributed by atoms with van der Waals surface area (Å²) in [4.78, 5) is 26.9. The molecule has 1 aromatic carbocycles. The number of ketones is 1. The van der Waals surface area contributed by atoms with E-state index in [0.29, 0.717) is 17.5 Å². The fraction of sp³-hybridized carbons (Fsp3) is 0.188. The van der Waals surface area contributed by atoms with Crippen molar-refractivity contribution in [3.8, 4) is 16.9 Å². The van der Waals surface area contributed by atoms with Crippen LogP contribution >= 0.6 is 0 Å². The lowest BCUT2D eigenvalue weighted by Crippen LogP contribution is -2.29. The molecule has 0 aliphatic heterocycles. The van der Waals surface area contributed by atoms with Crippen molar-refractivity contribution >= 4 is 11.7 Å². The van der Waals surface area contributed by atoms with Crippen LogP contribution in [-0.2, 0) is 4.79 Å². The minimum Gasteiger partial charge on any atom is -0.505 e. The summed E-state index contributed by atoms with van der Waals surface area (Å²) >= 11 is 0. The van der Waals surface area contributed by atoms with Gasteiger partial charge in [-0.2, -0.15) is 0 Å². The van der Waals surface area contributed by atoms with Gasteiger partial charge >= 0.3 is 0 Å². The average molecular weight is 302 g/mol. The highest BCUT2D eigenvalue weighted by Gasteiger charge is 2.14. The molecule has 0 unspecified atom stereocenters. The van der Waals surface area contributed by atoms with Crippen molar-refractivity contribution in [3.05, 3.63) is 48.0 Å². The van der Waals surface area contributed by atoms with Gasteiger partial charge in [-0.05, 0) is 23.8 Å². The molecule has 0 spiro atoms. The van der Waals surface area contributed by atoms with Crippen molar-refractivity contribution in [1.82, 2.24) is 10.3 Å². The van der Waals surface area contributed by atoms with E-state index in [0.717, 1.165) is 0 Å². The number of hydrogen-bond donors (Lipinski definition) is 2. The first-order chi connectivity index (χ1) is 10.5. The number of aromatic nitrogens is 1. The van der Waals surface area contributed by atoms with Crippen molar-refractivity contribution in [3.63, 3.8) is 0 Å². The summed E-state index contributed by atoms with van der Waals surface area (Å²) in [7, 11) is 0. The van der Waals surface area contributed by atoms with Crippen LogP contribution in [0, 0.1) is 5.82 Å². The highest BCUT2D eigenvalue weighted by Crippen LogP contribution is 2.25. The van der Waals surface area contributed by atoms with Crippen LogP contribution in [0.4, 0.5) is 4.39 Å². The Morgan fingerprint density at radius 3 is 2.68 bits per heavy atom. The predicted octanol–water partition coefficient (Wildman–Crippen LogP) is 2.30. The fourth-order valence-corrected chi connectivity index (χ4v) is 1.84. The molecular formula is C16H15FN2O3. The number of aromatic hydroxyl groups is 1. The Balaban J connectivity index is 2.19. The molecule has 0 radical (unpaired) electrons. The summed E-state index contributed by atoms with van der Waals surface area (Å²) in [5, 5.41) is 12.3. The number of nitrogens with zero attached hydrogens (tertiary/aromatic N) is 1. The Morgan fingerprint density at radius 2 is 2.05 bits per heavy atom. The third-order valence-corrected chi connectivity index (χ3v) is 3.08. The van der Waals surface area contributed by atoms with Crippen LogP contribution in [0.2, 0.25) is 0 Å². The topological polar surface area (TPSA) is 79.3 Å². The number of pyridine rings is 1. The summed E-state index contributed by atoms with van der Waals surface area (Å²) in [6.07, 6.45) is 1.68. The minimum atomic E-state index is -0.634. The van der Waals surface area contributed by atoms with Crippen molar-refractivity contribution in [2.75, 3.05) is 6.54 Å². The zero-order valence-corrected chi connectivity index (χ0v) is 12.0. The van der Waals surface area contributed by atoms with Crippen molar-refractivity contribution < 1.29 is 19.1 Å². The van der Waals surface area contributed by atoms with E-state index in [1.54, 1.807) is 19.1 Å². The zero-order chi connectivity index (χ0) is 16.1. The molecule has 0 bridgehead atoms. The van der Waals surface area contributed by atoms with E-state index in [4.69, 9.17) is 0 Å². The molecule has 0 saturated heterocycles. The Bertz CT molecular complexity index is 716. The second-order valence-electron chi connectivity index (χ2n) is 4.68. The van der Waals surface area contributed by atoms with Crippen molar-refractivity contribution in [1.29, 1.82) is 0 Å². The highest BCUT2D eigenvalue weighted by molar-refractivity contribution is 5.97. The monoisotopic (exact) mass is 302 g/mol. The van der Waals surface area contributed by atoms with E-state index in [9.17, 15) is 19.1 Å². The summed E-state index contributed by atoms with van der Waals surface area (Å²) in [6.45, 7) is 1.58. The molecule has 5 nitrogen and oxygen atoms in total. The van der Waals surface area contributed by atoms with Gasteiger partial charge in [-0.3, -0.25) is 9.59 Å². The average Bonchev–Trinajstić information content (AvgIpc) is 2.52. The Morgan fingerprint density at radius 1 is 1.27 bits per heavy atom. The van der Waals surface area contributed by atoms with Gasteiger partial charge in [0.15, 0.2) is 11.5 Å². The van der Waals surface area contributed by atoms with Gasteiger partial charge in [0, 0.05) is 18.2 Å². The summed E-state index contributed by atoms with van der Waals surface area (Å²) in [6, 6.07) is 7.15. The lowest BCUT2D eigenvalue weighted by atomic mass is 10.1. The number of carbonyl (C=O) groups excluding carboxylic acids is 2. The molecule has 2 N–H and O–H groups in total. The van der Waals surface area contributed by atoms with Gasteiger partial charge in [0.1, 0.15) is 11.6 Å². The van der Waals surface area contributed by atoms with Gasteiger partial charge in [0.05, 0.1) is 6.54 Å². The van der Waals surface area contributed by atoms with Gasteiger partial charge in [-0.1, -0.05) is 19.1 Å². The van der Waals surface area contributed by atoms with Crippen LogP contribution in [0.15, 0.2) is 36.5 Å². The van der Waals surface area contributed by atoms with Crippen LogP contribution in [0.1, 0.15) is 23.8 Å². The van der Waals surface area contributed by atoms with E-state index in [1.807, 2.05) is 0 Å². The van der Waals surface area contributed by atoms with Gasteiger partial charge in [0.2, 0.25) is 0 Å². The number of carbonyl (C=O) groups is 2. The maximum Gasteiger partial charge on any atom is 0.274 e. The van der Waals surface area contributed by atoms with E-state index in [2.05, 4.69) is 10.3 Å². The third-order valence-electron chi connectivity index (χ3n) is 3.08. The SMILES string of the molecule is CCC(=O)CNC(=O)c1ncc(-c2cccc(F)c2)cc1O. The molecule has 2 rings (SSSR count). The largest absolute Gasteiger partial charge is 0.505 e. The summed E-state index contributed by atoms with van der Waals surface area (Å²) < 4.78 is 13.2. The van der Waals surface area contributed by atoms with E-state index >= 15 is 0 Å². The van der Waals surface area contributed by atoms with Crippen LogP contribution in [0.25, 0.3) is 11.1 Å². The number of halogens is 1. The number of nitrogens with one attached hydrogen (secondary N) is 1. The molecule has 6 heteroatoms. The first-order valence-electron chi connectivity index (χ1n) is 6.76. The fourth-order valence-electron chi connectivity index (χ4n) is 1.84. The smallest absolute Gasteiger partial charge is 0.274 e. The zero-order valence-electron chi connectivity index (χ0n) is 12.0. The molecule has 0 fully saturated rings. The van der Waals surface area contributed by atoms with Gasteiger partial charge < -0.3 is 10.4 Å². The highest BCUT2D eigenvalue weighted by atomic mass is 19.1. The van der Waals surface area contributed by atoms with Crippen LogP contribution in [-0.4, -0.2) is 28.3 Å². The molecule has 0 aliphatic rings. The van der Waals surface area contributed by atoms with E-state index in [-0.39, 0.29) is 23.8 Å². The number of amides is 1. The summed E-state index contributed by atoms with van der Waals surface area (Å²) in [5.74, 6) is -1.49. The molecule has 1 aromatic heterocycles. The molecule has 1 heterocycles. The summed E-state index contributed by atoms with van der Waals surface area (Å²) in [5.41, 5.74) is 0.846. The first kappa shape index (κ1) is 15.6. The van der Waals surface area contributed by atoms with Gasteiger partial charge in [-0.25, -0.2) is 9.37 Å². The second kappa shape index (κ2) is 6.80. The predicted molar refractivity (Wildman–Crippen MR) is 78.9 cm³/mol.